The third kappa shape index (κ3) is 5.49. The molecule has 7 nitrogen and oxygen atoms in total. The highest BCUT2D eigenvalue weighted by Gasteiger charge is 2.31. The number of amides is 1. The van der Waals surface area contributed by atoms with Gasteiger partial charge in [-0.25, -0.2) is 0 Å². The average Bonchev–Trinajstić information content (AvgIpc) is 3.28. The Hall–Kier alpha value is -2.61. The van der Waals surface area contributed by atoms with E-state index in [0.717, 1.165) is 55.6 Å². The zero-order valence-corrected chi connectivity index (χ0v) is 20.1. The maximum absolute atomic E-state index is 12.3. The number of hydrazine groups is 1. The number of rotatable bonds is 8. The predicted octanol–water partition coefficient (Wildman–Crippen LogP) is 4.08. The minimum absolute atomic E-state index is 0.176. The second-order valence-corrected chi connectivity index (χ2v) is 9.19. The van der Waals surface area contributed by atoms with Crippen molar-refractivity contribution in [2.75, 3.05) is 38.4 Å². The number of carbonyl (C=O) groups is 1. The van der Waals surface area contributed by atoms with Crippen molar-refractivity contribution < 1.29 is 10.0 Å². The molecule has 2 aromatic rings. The lowest BCUT2D eigenvalue weighted by atomic mass is 9.97. The predicted molar refractivity (Wildman–Crippen MR) is 131 cm³/mol. The van der Waals surface area contributed by atoms with Crippen LogP contribution in [0.2, 0.25) is 5.02 Å². The Kier molecular flexibility index (Phi) is 7.53. The first kappa shape index (κ1) is 23.5. The summed E-state index contributed by atoms with van der Waals surface area (Å²) in [6, 6.07) is 10.1. The molecule has 2 aliphatic heterocycles. The molecule has 0 spiro atoms. The molecule has 0 bridgehead atoms. The summed E-state index contributed by atoms with van der Waals surface area (Å²) in [7, 11) is 1.85. The highest BCUT2D eigenvalue weighted by molar-refractivity contribution is 6.30. The van der Waals surface area contributed by atoms with Gasteiger partial charge < -0.3 is 4.90 Å². The van der Waals surface area contributed by atoms with E-state index in [-0.39, 0.29) is 11.9 Å². The van der Waals surface area contributed by atoms with E-state index in [1.54, 1.807) is 17.3 Å². The van der Waals surface area contributed by atoms with Crippen LogP contribution in [0, 0.1) is 0 Å². The van der Waals surface area contributed by atoms with Crippen LogP contribution in [0.25, 0.3) is 5.57 Å². The summed E-state index contributed by atoms with van der Waals surface area (Å²) in [4.78, 5) is 20.6. The minimum atomic E-state index is 0.176. The number of carbonyl (C=O) groups excluding carboxylic acids is 1. The van der Waals surface area contributed by atoms with Gasteiger partial charge >= 0.3 is 0 Å². The number of pyridine rings is 1. The van der Waals surface area contributed by atoms with Crippen LogP contribution >= 0.6 is 11.6 Å². The van der Waals surface area contributed by atoms with Gasteiger partial charge in [0.25, 0.3) is 0 Å². The van der Waals surface area contributed by atoms with Crippen LogP contribution < -0.4 is 5.17 Å². The fourth-order valence-corrected chi connectivity index (χ4v) is 4.70. The molecule has 0 saturated carbocycles. The number of hydrogen-bond donors (Lipinski definition) is 1. The number of anilines is 1. The Bertz CT molecular complexity index is 997. The van der Waals surface area contributed by atoms with Crippen molar-refractivity contribution >= 4 is 28.8 Å². The Morgan fingerprint density at radius 3 is 2.82 bits per heavy atom. The van der Waals surface area contributed by atoms with Gasteiger partial charge in [0.2, 0.25) is 5.91 Å². The molecular weight excluding hydrogens is 438 g/mol. The minimum Gasteiger partial charge on any atom is -0.346 e. The molecule has 2 aliphatic rings. The smallest absolute Gasteiger partial charge is 0.223 e. The average molecular weight is 470 g/mol. The van der Waals surface area contributed by atoms with Crippen molar-refractivity contribution in [3.63, 3.8) is 0 Å². The first-order valence-electron chi connectivity index (χ1n) is 11.6. The zero-order valence-electron chi connectivity index (χ0n) is 19.3. The van der Waals surface area contributed by atoms with Crippen LogP contribution in [0.4, 0.5) is 5.69 Å². The van der Waals surface area contributed by atoms with Crippen LogP contribution in [0.15, 0.2) is 48.9 Å². The molecule has 1 N–H and O–H groups in total. The first-order chi connectivity index (χ1) is 16.0. The molecule has 0 unspecified atom stereocenters. The van der Waals surface area contributed by atoms with Gasteiger partial charge in [0, 0.05) is 55.6 Å². The molecular formula is C25H32ClN5O2. The van der Waals surface area contributed by atoms with Gasteiger partial charge in [-0.05, 0) is 62.1 Å². The number of likely N-dealkylation sites (tertiary alicyclic amines) is 1. The van der Waals surface area contributed by atoms with Gasteiger partial charge in [-0.15, -0.1) is 0 Å². The van der Waals surface area contributed by atoms with E-state index in [1.807, 2.05) is 55.5 Å². The second kappa shape index (κ2) is 10.5. The van der Waals surface area contributed by atoms with Gasteiger partial charge in [-0.2, -0.15) is 5.17 Å². The van der Waals surface area contributed by atoms with Crippen LogP contribution in [0.3, 0.4) is 0 Å². The maximum Gasteiger partial charge on any atom is 0.223 e. The molecule has 33 heavy (non-hydrogen) atoms. The van der Waals surface area contributed by atoms with E-state index >= 15 is 0 Å². The van der Waals surface area contributed by atoms with Crippen molar-refractivity contribution in [2.24, 2.45) is 0 Å². The Morgan fingerprint density at radius 1 is 1.27 bits per heavy atom. The Labute approximate surface area is 200 Å². The van der Waals surface area contributed by atoms with Crippen LogP contribution in [-0.2, 0) is 11.2 Å². The zero-order chi connectivity index (χ0) is 23.4. The van der Waals surface area contributed by atoms with Crippen molar-refractivity contribution in [1.82, 2.24) is 19.8 Å². The number of aromatic nitrogens is 1. The van der Waals surface area contributed by atoms with E-state index in [1.165, 1.54) is 5.17 Å². The molecule has 1 amide bonds. The Morgan fingerprint density at radius 2 is 2.06 bits per heavy atom. The molecule has 4 rings (SSSR count). The number of nitrogens with zero attached hydrogens (tertiary/aromatic N) is 5. The van der Waals surface area contributed by atoms with Gasteiger partial charge in [0.15, 0.2) is 0 Å². The van der Waals surface area contributed by atoms with Gasteiger partial charge in [-0.1, -0.05) is 23.7 Å². The van der Waals surface area contributed by atoms with E-state index in [9.17, 15) is 10.0 Å². The van der Waals surface area contributed by atoms with Crippen molar-refractivity contribution in [3.05, 3.63) is 65.1 Å². The number of fused-ring (bicyclic) bond motifs is 1. The second-order valence-electron chi connectivity index (χ2n) is 8.75. The third-order valence-corrected chi connectivity index (χ3v) is 6.88. The molecule has 0 aliphatic carbocycles. The van der Waals surface area contributed by atoms with E-state index < -0.39 is 0 Å². The first-order valence-corrected chi connectivity index (χ1v) is 12.0. The molecule has 8 heteroatoms. The highest BCUT2D eigenvalue weighted by Crippen LogP contribution is 2.34. The van der Waals surface area contributed by atoms with Crippen LogP contribution in [0.1, 0.15) is 37.3 Å². The van der Waals surface area contributed by atoms with Crippen molar-refractivity contribution in [2.45, 2.75) is 38.6 Å². The fraction of sp³-hybridized carbons (Fsp3) is 0.440. The normalized spacial score (nSPS) is 18.3. The summed E-state index contributed by atoms with van der Waals surface area (Å²) in [5, 5.41) is 14.8. The molecule has 1 saturated heterocycles. The highest BCUT2D eigenvalue weighted by atomic mass is 35.5. The van der Waals surface area contributed by atoms with Crippen molar-refractivity contribution in [1.29, 1.82) is 0 Å². The molecule has 1 aromatic carbocycles. The van der Waals surface area contributed by atoms with Crippen LogP contribution in [0.5, 0.6) is 0 Å². The molecule has 176 valence electrons. The largest absolute Gasteiger partial charge is 0.346 e. The summed E-state index contributed by atoms with van der Waals surface area (Å²) in [6.45, 7) is 5.08. The van der Waals surface area contributed by atoms with Gasteiger partial charge in [-0.3, -0.25) is 24.9 Å². The van der Waals surface area contributed by atoms with Crippen molar-refractivity contribution in [3.8, 4) is 0 Å². The summed E-state index contributed by atoms with van der Waals surface area (Å²) in [5.41, 5.74) is 3.91. The molecule has 0 radical (unpaired) electrons. The monoisotopic (exact) mass is 469 g/mol. The number of halogens is 1. The summed E-state index contributed by atoms with van der Waals surface area (Å²) in [5.74, 6) is 0.176. The topological polar surface area (TPSA) is 63.2 Å². The lowest BCUT2D eigenvalue weighted by Crippen LogP contribution is -2.47. The van der Waals surface area contributed by atoms with E-state index in [0.29, 0.717) is 23.7 Å². The lowest BCUT2D eigenvalue weighted by Gasteiger charge is -2.39. The van der Waals surface area contributed by atoms with E-state index in [2.05, 4.69) is 9.88 Å². The number of allylic oxidation sites excluding steroid dienone is 1. The molecule has 3 heterocycles. The quantitative estimate of drug-likeness (QED) is 0.628. The third-order valence-electron chi connectivity index (χ3n) is 6.63. The summed E-state index contributed by atoms with van der Waals surface area (Å²) < 4.78 is 0. The SMILES string of the molecule is CCN(C)C(=O)CCN1CCC[C@@H]1CN1C=C(Cc2ccc(Cl)cc2)c2ccncc2N1O. The van der Waals surface area contributed by atoms with Gasteiger partial charge in [0.05, 0.1) is 12.7 Å². The fourth-order valence-electron chi connectivity index (χ4n) is 4.57. The molecule has 1 aromatic heterocycles. The summed E-state index contributed by atoms with van der Waals surface area (Å²) in [6.07, 6.45) is 8.87. The molecule has 1 atom stereocenters. The number of benzene rings is 1. The van der Waals surface area contributed by atoms with Crippen LogP contribution in [-0.4, -0.2) is 70.2 Å². The Balaban J connectivity index is 1.50. The lowest BCUT2D eigenvalue weighted by molar-refractivity contribution is -0.130. The van der Waals surface area contributed by atoms with E-state index in [4.69, 9.17) is 11.6 Å². The standard InChI is InChI=1S/C25H32ClN5O2/c1-3-28(2)25(32)11-14-29-13-4-5-22(29)18-30-17-20(15-19-6-8-21(26)9-7-19)23-10-12-27-16-24(23)31(30)33/h6-10,12,16-17,22,33H,3-5,11,13-15,18H2,1-2H3/t22-/m1/s1. The molecule has 1 fully saturated rings. The maximum atomic E-state index is 12.3. The summed E-state index contributed by atoms with van der Waals surface area (Å²) >= 11 is 6.06. The number of hydrogen-bond acceptors (Lipinski definition) is 6. The van der Waals surface area contributed by atoms with Gasteiger partial charge in [0.1, 0.15) is 5.69 Å².